The van der Waals surface area contributed by atoms with Crippen LogP contribution < -0.4 is 11.1 Å². The van der Waals surface area contributed by atoms with Crippen LogP contribution in [-0.2, 0) is 9.59 Å². The number of hydrogen-bond acceptors (Lipinski definition) is 9. The van der Waals surface area contributed by atoms with Crippen LogP contribution in [0.2, 0.25) is 0 Å². The van der Waals surface area contributed by atoms with Crippen LogP contribution in [0.4, 0.5) is 17.3 Å². The molecule has 0 spiro atoms. The number of fused-ring (bicyclic) bond motifs is 2. The molecule has 1 unspecified atom stereocenters. The van der Waals surface area contributed by atoms with Gasteiger partial charge in [0.15, 0.2) is 0 Å². The number of hydrogen-bond donors (Lipinski definition) is 3. The van der Waals surface area contributed by atoms with Crippen LogP contribution in [0.3, 0.4) is 0 Å². The second-order valence-corrected chi connectivity index (χ2v) is 12.9. The van der Waals surface area contributed by atoms with Gasteiger partial charge in [0.05, 0.1) is 27.7 Å². The van der Waals surface area contributed by atoms with E-state index in [1.807, 2.05) is 48.5 Å². The molecule has 0 bridgehead atoms. The number of rotatable bonds is 6. The molecular formula is C31H25N5O3S3. The van der Waals surface area contributed by atoms with Gasteiger partial charge in [0.2, 0.25) is 5.95 Å². The number of anilines is 3. The number of aliphatic carboxylic acids is 1. The van der Waals surface area contributed by atoms with Gasteiger partial charge in [0, 0.05) is 20.9 Å². The molecular weight excluding hydrogens is 587 g/mol. The third-order valence-electron chi connectivity index (χ3n) is 6.89. The summed E-state index contributed by atoms with van der Waals surface area (Å²) in [6.45, 7) is 3.51. The van der Waals surface area contributed by atoms with Crippen molar-refractivity contribution >= 4 is 75.3 Å². The zero-order valence-electron chi connectivity index (χ0n) is 22.6. The maximum atomic E-state index is 13.1. The van der Waals surface area contributed by atoms with E-state index < -0.39 is 17.9 Å². The molecule has 0 aliphatic carbocycles. The Labute approximate surface area is 256 Å². The molecule has 1 fully saturated rings. The number of carbonyl (C=O) groups is 2. The number of thiocarbonyl (C=S) groups is 1. The normalized spacial score (nSPS) is 15.9. The average molecular weight is 612 g/mol. The number of para-hydroxylation sites is 1. The molecule has 3 heterocycles. The lowest BCUT2D eigenvalue weighted by atomic mass is 10.0. The summed E-state index contributed by atoms with van der Waals surface area (Å²) in [7, 11) is 0. The maximum absolute atomic E-state index is 13.1. The maximum Gasteiger partial charge on any atom is 0.327 e. The van der Waals surface area contributed by atoms with Gasteiger partial charge in [0.1, 0.15) is 10.4 Å². The molecule has 2 aliphatic rings. The van der Waals surface area contributed by atoms with Crippen molar-refractivity contribution in [3.05, 3.63) is 83.3 Å². The molecule has 1 aromatic heterocycles. The lowest BCUT2D eigenvalue weighted by molar-refractivity contribution is -0.146. The highest BCUT2D eigenvalue weighted by atomic mass is 32.2. The highest BCUT2D eigenvalue weighted by Crippen LogP contribution is 2.45. The molecule has 6 rings (SSSR count). The fourth-order valence-corrected chi connectivity index (χ4v) is 7.17. The van der Waals surface area contributed by atoms with Crippen LogP contribution in [0.15, 0.2) is 87.5 Å². The lowest BCUT2D eigenvalue weighted by Crippen LogP contribution is -2.47. The molecule has 1 amide bonds. The fraction of sp³-hybridized carbons (Fsp3) is 0.129. The van der Waals surface area contributed by atoms with Gasteiger partial charge in [-0.25, -0.2) is 14.8 Å². The van der Waals surface area contributed by atoms with Crippen molar-refractivity contribution in [1.29, 1.82) is 0 Å². The van der Waals surface area contributed by atoms with E-state index in [0.717, 1.165) is 44.7 Å². The minimum absolute atomic E-state index is 0.166. The van der Waals surface area contributed by atoms with Gasteiger partial charge < -0.3 is 16.2 Å². The number of aromatic nitrogens is 2. The van der Waals surface area contributed by atoms with Crippen molar-refractivity contribution in [1.82, 2.24) is 14.9 Å². The fourth-order valence-electron chi connectivity index (χ4n) is 4.87. The Morgan fingerprint density at radius 1 is 0.952 bits per heavy atom. The van der Waals surface area contributed by atoms with Crippen LogP contribution in [0, 0.1) is 5.92 Å². The number of carbonyl (C=O) groups excluding carboxylic acids is 1. The standard InChI is InChI=1S/C31H25N5O3S3/c1-16(2)27(29(38)39)36-28(37)26(42-31(36)40)13-17-7-9-18(10-8-17)21-15-22(35-30(32)34-21)19-11-12-25-23(14-19)33-20-5-3-4-6-24(20)41-25/h3-16,27,33H,1-2H3,(H,38,39)(H2,32,34,35)/b26-13+. The predicted molar refractivity (Wildman–Crippen MR) is 172 cm³/mol. The van der Waals surface area contributed by atoms with Crippen LogP contribution in [0.25, 0.3) is 28.6 Å². The summed E-state index contributed by atoms with van der Waals surface area (Å²) in [5.41, 5.74) is 12.1. The number of nitrogens with one attached hydrogen (secondary N) is 1. The molecule has 8 nitrogen and oxygen atoms in total. The Morgan fingerprint density at radius 3 is 2.33 bits per heavy atom. The van der Waals surface area contributed by atoms with Gasteiger partial charge >= 0.3 is 5.97 Å². The van der Waals surface area contributed by atoms with Gasteiger partial charge in [-0.15, -0.1) is 0 Å². The van der Waals surface area contributed by atoms with Crippen molar-refractivity contribution in [2.24, 2.45) is 5.92 Å². The highest BCUT2D eigenvalue weighted by Gasteiger charge is 2.41. The van der Waals surface area contributed by atoms with E-state index in [1.165, 1.54) is 9.80 Å². The predicted octanol–water partition coefficient (Wildman–Crippen LogP) is 6.91. The van der Waals surface area contributed by atoms with Crippen LogP contribution in [0.1, 0.15) is 19.4 Å². The van der Waals surface area contributed by atoms with Gasteiger partial charge in [-0.05, 0) is 47.9 Å². The van der Waals surface area contributed by atoms with Crippen molar-refractivity contribution in [3.8, 4) is 22.5 Å². The average Bonchev–Trinajstić information content (AvgIpc) is 3.23. The molecule has 1 atom stereocenters. The van der Waals surface area contributed by atoms with Crippen molar-refractivity contribution in [2.45, 2.75) is 29.7 Å². The van der Waals surface area contributed by atoms with E-state index >= 15 is 0 Å². The Kier molecular flexibility index (Phi) is 7.48. The second kappa shape index (κ2) is 11.2. The van der Waals surface area contributed by atoms with E-state index in [-0.39, 0.29) is 16.2 Å². The van der Waals surface area contributed by atoms with Gasteiger partial charge in [-0.2, -0.15) is 0 Å². The molecule has 11 heteroatoms. The van der Waals surface area contributed by atoms with Gasteiger partial charge in [0.25, 0.3) is 5.91 Å². The molecule has 0 radical (unpaired) electrons. The summed E-state index contributed by atoms with van der Waals surface area (Å²) in [5, 5.41) is 13.2. The number of benzene rings is 3. The number of carboxylic acids is 1. The van der Waals surface area contributed by atoms with E-state index in [2.05, 4.69) is 39.6 Å². The summed E-state index contributed by atoms with van der Waals surface area (Å²) in [6.07, 6.45) is 1.72. The Balaban J connectivity index is 1.24. The van der Waals surface area contributed by atoms with Crippen LogP contribution in [-0.4, -0.2) is 42.2 Å². The minimum Gasteiger partial charge on any atom is -0.480 e. The van der Waals surface area contributed by atoms with Crippen LogP contribution in [0.5, 0.6) is 0 Å². The first-order valence-corrected chi connectivity index (χ1v) is 15.2. The monoisotopic (exact) mass is 611 g/mol. The zero-order valence-corrected chi connectivity index (χ0v) is 25.0. The number of nitrogens with zero attached hydrogens (tertiary/aromatic N) is 3. The third kappa shape index (κ3) is 5.38. The molecule has 210 valence electrons. The van der Waals surface area contributed by atoms with Crippen molar-refractivity contribution < 1.29 is 14.7 Å². The molecule has 4 aromatic rings. The summed E-state index contributed by atoms with van der Waals surface area (Å²) < 4.78 is 0.244. The molecule has 42 heavy (non-hydrogen) atoms. The largest absolute Gasteiger partial charge is 0.480 e. The Morgan fingerprint density at radius 2 is 1.62 bits per heavy atom. The topological polar surface area (TPSA) is 121 Å². The number of thioether (sulfide) groups is 1. The number of nitrogen functional groups attached to an aromatic ring is 1. The Hall–Kier alpha value is -4.19. The molecule has 0 saturated carbocycles. The quantitative estimate of drug-likeness (QED) is 0.138. The van der Waals surface area contributed by atoms with Crippen molar-refractivity contribution in [2.75, 3.05) is 11.1 Å². The van der Waals surface area contributed by atoms with Gasteiger partial charge in [-0.3, -0.25) is 9.69 Å². The number of nitrogens with two attached hydrogens (primary N) is 1. The van der Waals surface area contributed by atoms with Crippen molar-refractivity contribution in [3.63, 3.8) is 0 Å². The van der Waals surface area contributed by atoms with E-state index in [0.29, 0.717) is 16.3 Å². The SMILES string of the molecule is CC(C)C(C(=O)O)N1C(=O)/C(=C\c2ccc(-c3cc(-c4ccc5c(c4)Nc4ccccc4S5)nc(N)n3)cc2)SC1=S. The minimum atomic E-state index is -1.08. The van der Waals surface area contributed by atoms with E-state index in [9.17, 15) is 14.7 Å². The Bertz CT molecular complexity index is 1790. The second-order valence-electron chi connectivity index (χ2n) is 10.1. The zero-order chi connectivity index (χ0) is 29.5. The van der Waals surface area contributed by atoms with Crippen LogP contribution >= 0.6 is 35.7 Å². The first-order valence-electron chi connectivity index (χ1n) is 13.1. The number of carboxylic acid groups (broad SMARTS) is 1. The van der Waals surface area contributed by atoms with E-state index in [1.54, 1.807) is 31.7 Å². The first-order chi connectivity index (χ1) is 20.2. The first kappa shape index (κ1) is 28.0. The van der Waals surface area contributed by atoms with Gasteiger partial charge in [-0.1, -0.05) is 92.1 Å². The molecule has 1 saturated heterocycles. The molecule has 2 aliphatic heterocycles. The summed E-state index contributed by atoms with van der Waals surface area (Å²) >= 11 is 8.19. The smallest absolute Gasteiger partial charge is 0.327 e. The summed E-state index contributed by atoms with van der Waals surface area (Å²) in [4.78, 5) is 37.7. The highest BCUT2D eigenvalue weighted by molar-refractivity contribution is 8.26. The third-order valence-corrected chi connectivity index (χ3v) is 9.37. The lowest BCUT2D eigenvalue weighted by Gasteiger charge is -2.26. The summed E-state index contributed by atoms with van der Waals surface area (Å²) in [5.74, 6) is -1.60. The van der Waals surface area contributed by atoms with E-state index in [4.69, 9.17) is 18.0 Å². The summed E-state index contributed by atoms with van der Waals surface area (Å²) in [6, 6.07) is 22.8. The number of amides is 1. The molecule has 3 aromatic carbocycles. The molecule has 4 N–H and O–H groups in total.